The lowest BCUT2D eigenvalue weighted by Crippen LogP contribution is -2.50. The normalized spacial score (nSPS) is 15.3. The van der Waals surface area contributed by atoms with Crippen LogP contribution in [0, 0.1) is 0 Å². The summed E-state index contributed by atoms with van der Waals surface area (Å²) in [6.45, 7) is 8.06. The van der Waals surface area contributed by atoms with Crippen LogP contribution < -0.4 is 9.47 Å². The molecule has 0 N–H and O–H groups in total. The average molecular weight is 431 g/mol. The van der Waals surface area contributed by atoms with Gasteiger partial charge in [0.1, 0.15) is 0 Å². The number of piperazine rings is 1. The predicted molar refractivity (Wildman–Crippen MR) is 127 cm³/mol. The molecule has 1 saturated heterocycles. The molecule has 0 saturated carbocycles. The highest BCUT2D eigenvalue weighted by molar-refractivity contribution is 5.95. The molecule has 3 aromatic carbocycles. The smallest absolute Gasteiger partial charge is 0.254 e. The average Bonchev–Trinajstić information content (AvgIpc) is 3.33. The minimum absolute atomic E-state index is 0.0757. The third-order valence-electron chi connectivity index (χ3n) is 5.83. The summed E-state index contributed by atoms with van der Waals surface area (Å²) in [4.78, 5) is 16.8. The Morgan fingerprint density at radius 2 is 1.31 bits per heavy atom. The molecule has 0 spiro atoms. The van der Waals surface area contributed by atoms with Crippen molar-refractivity contribution in [3.05, 3.63) is 84.4 Å². The van der Waals surface area contributed by atoms with Crippen LogP contribution in [0.1, 0.15) is 24.2 Å². The molecule has 0 bridgehead atoms. The zero-order valence-electron chi connectivity index (χ0n) is 18.7. The summed E-state index contributed by atoms with van der Waals surface area (Å²) in [7, 11) is 0. The number of ether oxygens (including phenoxy) is 2. The lowest BCUT2D eigenvalue weighted by Gasteiger charge is -2.37. The molecule has 5 heteroatoms. The Morgan fingerprint density at radius 1 is 0.750 bits per heavy atom. The lowest BCUT2D eigenvalue weighted by atomic mass is 10.1. The SMILES string of the molecule is CC(C)N1CCN(C(=O)c2ccc3c(c2)OCO3)CC1.c1ccc(-c2ccccc2)cc1. The van der Waals surface area contributed by atoms with Crippen LogP contribution in [0.15, 0.2) is 78.9 Å². The van der Waals surface area contributed by atoms with Gasteiger partial charge < -0.3 is 14.4 Å². The lowest BCUT2D eigenvalue weighted by molar-refractivity contribution is 0.0595. The van der Waals surface area contributed by atoms with E-state index in [-0.39, 0.29) is 12.7 Å². The molecule has 0 aromatic heterocycles. The van der Waals surface area contributed by atoms with E-state index in [2.05, 4.69) is 67.3 Å². The van der Waals surface area contributed by atoms with Crippen molar-refractivity contribution in [2.75, 3.05) is 33.0 Å². The molecule has 3 aromatic rings. The molecule has 0 radical (unpaired) electrons. The van der Waals surface area contributed by atoms with E-state index in [1.165, 1.54) is 11.1 Å². The minimum Gasteiger partial charge on any atom is -0.454 e. The van der Waals surface area contributed by atoms with E-state index in [0.29, 0.717) is 23.1 Å². The van der Waals surface area contributed by atoms with E-state index in [0.717, 1.165) is 26.2 Å². The van der Waals surface area contributed by atoms with Gasteiger partial charge in [-0.25, -0.2) is 0 Å². The molecular weight excluding hydrogens is 400 g/mol. The highest BCUT2D eigenvalue weighted by Gasteiger charge is 2.24. The number of hydrogen-bond acceptors (Lipinski definition) is 4. The highest BCUT2D eigenvalue weighted by Crippen LogP contribution is 2.32. The zero-order chi connectivity index (χ0) is 22.3. The van der Waals surface area contributed by atoms with Gasteiger partial charge in [0.05, 0.1) is 0 Å². The van der Waals surface area contributed by atoms with Gasteiger partial charge in [-0.15, -0.1) is 0 Å². The second-order valence-corrected chi connectivity index (χ2v) is 8.22. The largest absolute Gasteiger partial charge is 0.454 e. The van der Waals surface area contributed by atoms with E-state index < -0.39 is 0 Å². The van der Waals surface area contributed by atoms with Gasteiger partial charge in [-0.3, -0.25) is 9.69 Å². The highest BCUT2D eigenvalue weighted by atomic mass is 16.7. The van der Waals surface area contributed by atoms with Gasteiger partial charge >= 0.3 is 0 Å². The molecule has 0 atom stereocenters. The summed E-state index contributed by atoms with van der Waals surface area (Å²) in [6.07, 6.45) is 0. The second-order valence-electron chi connectivity index (χ2n) is 8.22. The topological polar surface area (TPSA) is 42.0 Å². The predicted octanol–water partition coefficient (Wildman–Crippen LogP) is 4.94. The van der Waals surface area contributed by atoms with E-state index in [4.69, 9.17) is 9.47 Å². The number of fused-ring (bicyclic) bond motifs is 1. The monoisotopic (exact) mass is 430 g/mol. The summed E-state index contributed by atoms with van der Waals surface area (Å²) in [5, 5.41) is 0. The summed E-state index contributed by atoms with van der Waals surface area (Å²) >= 11 is 0. The quantitative estimate of drug-likeness (QED) is 0.591. The van der Waals surface area contributed by atoms with Gasteiger partial charge in [0.2, 0.25) is 6.79 Å². The number of carbonyl (C=O) groups excluding carboxylic acids is 1. The van der Waals surface area contributed by atoms with Crippen molar-refractivity contribution in [1.29, 1.82) is 0 Å². The molecule has 2 aliphatic rings. The summed E-state index contributed by atoms with van der Waals surface area (Å²) in [6, 6.07) is 26.7. The number of benzene rings is 3. The van der Waals surface area contributed by atoms with E-state index >= 15 is 0 Å². The first-order valence-corrected chi connectivity index (χ1v) is 11.2. The molecule has 1 amide bonds. The fourth-order valence-corrected chi connectivity index (χ4v) is 3.91. The zero-order valence-corrected chi connectivity index (χ0v) is 18.7. The van der Waals surface area contributed by atoms with Crippen molar-refractivity contribution in [3.8, 4) is 22.6 Å². The first kappa shape index (κ1) is 21.9. The molecule has 166 valence electrons. The molecule has 2 aliphatic heterocycles. The number of hydrogen-bond donors (Lipinski definition) is 0. The van der Waals surface area contributed by atoms with Crippen molar-refractivity contribution >= 4 is 5.91 Å². The fraction of sp³-hybridized carbons (Fsp3) is 0.296. The summed E-state index contributed by atoms with van der Waals surface area (Å²) < 4.78 is 10.6. The Balaban J connectivity index is 0.000000174. The van der Waals surface area contributed by atoms with Crippen molar-refractivity contribution in [1.82, 2.24) is 9.80 Å². The molecule has 0 unspecified atom stereocenters. The van der Waals surface area contributed by atoms with E-state index in [1.54, 1.807) is 12.1 Å². The third-order valence-corrected chi connectivity index (χ3v) is 5.83. The van der Waals surface area contributed by atoms with Crippen molar-refractivity contribution in [3.63, 3.8) is 0 Å². The van der Waals surface area contributed by atoms with E-state index in [1.807, 2.05) is 23.1 Å². The van der Waals surface area contributed by atoms with Crippen molar-refractivity contribution in [2.45, 2.75) is 19.9 Å². The number of amides is 1. The van der Waals surface area contributed by atoms with E-state index in [9.17, 15) is 4.79 Å². The van der Waals surface area contributed by atoms with Crippen LogP contribution in [0.3, 0.4) is 0 Å². The standard InChI is InChI=1S/C15H20N2O3.C12H10/c1-11(2)16-5-7-17(8-6-16)15(18)12-3-4-13-14(9-12)20-10-19-13;1-3-7-11(8-4-1)12-9-5-2-6-10-12/h3-4,9,11H,5-8,10H2,1-2H3;1-10H. The number of rotatable bonds is 3. The van der Waals surface area contributed by atoms with Crippen LogP contribution in [0.5, 0.6) is 11.5 Å². The minimum atomic E-state index is 0.0757. The van der Waals surface area contributed by atoms with Crippen LogP contribution >= 0.6 is 0 Å². The Morgan fingerprint density at radius 3 is 1.88 bits per heavy atom. The van der Waals surface area contributed by atoms with Gasteiger partial charge in [0.25, 0.3) is 5.91 Å². The summed E-state index contributed by atoms with van der Waals surface area (Å²) in [5.74, 6) is 1.45. The van der Waals surface area contributed by atoms with Gasteiger partial charge in [-0.1, -0.05) is 60.7 Å². The molecule has 1 fully saturated rings. The van der Waals surface area contributed by atoms with Crippen LogP contribution in [0.2, 0.25) is 0 Å². The summed E-state index contributed by atoms with van der Waals surface area (Å²) in [5.41, 5.74) is 3.23. The Hall–Kier alpha value is -3.31. The third kappa shape index (κ3) is 5.29. The molecule has 32 heavy (non-hydrogen) atoms. The Labute approximate surface area is 190 Å². The van der Waals surface area contributed by atoms with Gasteiger partial charge in [-0.2, -0.15) is 0 Å². The van der Waals surface area contributed by atoms with Crippen LogP contribution in [0.25, 0.3) is 11.1 Å². The molecule has 0 aliphatic carbocycles. The first-order valence-electron chi connectivity index (χ1n) is 11.2. The second kappa shape index (κ2) is 10.3. The number of carbonyl (C=O) groups is 1. The van der Waals surface area contributed by atoms with Crippen LogP contribution in [-0.2, 0) is 0 Å². The molecular formula is C27H30N2O3. The Bertz CT molecular complexity index is 976. The maximum absolute atomic E-state index is 12.5. The fourth-order valence-electron chi connectivity index (χ4n) is 3.91. The maximum Gasteiger partial charge on any atom is 0.254 e. The first-order chi connectivity index (χ1) is 15.6. The molecule has 5 nitrogen and oxygen atoms in total. The molecule has 5 rings (SSSR count). The van der Waals surface area contributed by atoms with Gasteiger partial charge in [0, 0.05) is 37.8 Å². The molecule has 2 heterocycles. The van der Waals surface area contributed by atoms with Gasteiger partial charge in [0.15, 0.2) is 11.5 Å². The Kier molecular flexibility index (Phi) is 7.07. The van der Waals surface area contributed by atoms with Crippen molar-refractivity contribution < 1.29 is 14.3 Å². The number of nitrogens with zero attached hydrogens (tertiary/aromatic N) is 2. The van der Waals surface area contributed by atoms with Crippen LogP contribution in [-0.4, -0.2) is 54.7 Å². The van der Waals surface area contributed by atoms with Crippen LogP contribution in [0.4, 0.5) is 0 Å². The van der Waals surface area contributed by atoms with Crippen molar-refractivity contribution in [2.24, 2.45) is 0 Å². The van der Waals surface area contributed by atoms with Gasteiger partial charge in [-0.05, 0) is 43.2 Å². The maximum atomic E-state index is 12.5.